The van der Waals surface area contributed by atoms with E-state index in [0.717, 1.165) is 31.9 Å². The molecule has 22 heavy (non-hydrogen) atoms. The Morgan fingerprint density at radius 2 is 1.55 bits per heavy atom. The maximum Gasteiger partial charge on any atom is 0.255 e. The summed E-state index contributed by atoms with van der Waals surface area (Å²) in [4.78, 5) is 16.9. The quantitative estimate of drug-likeness (QED) is 0.945. The third kappa shape index (κ3) is 3.46. The number of likely N-dealkylation sites (N-methyl/N-ethyl adjacent to an activating group) is 1. The van der Waals surface area contributed by atoms with Crippen molar-refractivity contribution in [2.75, 3.05) is 43.4 Å². The molecule has 4 heteroatoms. The minimum absolute atomic E-state index is 0.0730. The molecule has 1 amide bonds. The number of anilines is 2. The van der Waals surface area contributed by atoms with Crippen LogP contribution in [-0.2, 0) is 0 Å². The molecule has 2 aromatic rings. The number of hydrogen-bond donors (Lipinski definition) is 1. The Balaban J connectivity index is 1.65. The van der Waals surface area contributed by atoms with Crippen LogP contribution in [0.4, 0.5) is 11.4 Å². The van der Waals surface area contributed by atoms with Crippen LogP contribution in [-0.4, -0.2) is 44.0 Å². The normalized spacial score (nSPS) is 15.6. The molecule has 3 rings (SSSR count). The lowest BCUT2D eigenvalue weighted by Gasteiger charge is -2.34. The molecule has 1 fully saturated rings. The zero-order valence-electron chi connectivity index (χ0n) is 12.8. The number of carbonyl (C=O) groups excluding carboxylic acids is 1. The van der Waals surface area contributed by atoms with Gasteiger partial charge in [-0.25, -0.2) is 0 Å². The average molecular weight is 295 g/mol. The predicted molar refractivity (Wildman–Crippen MR) is 90.5 cm³/mol. The standard InChI is InChI=1S/C18H21N3O/c1-20-11-13-21(14-12-20)17-9-7-15(8-10-17)18(22)19-16-5-3-2-4-6-16/h2-10H,11-14H2,1H3,(H,19,22). The Hall–Kier alpha value is -2.33. The van der Waals surface area contributed by atoms with Crippen LogP contribution in [0.3, 0.4) is 0 Å². The van der Waals surface area contributed by atoms with E-state index in [1.165, 1.54) is 5.69 Å². The summed E-state index contributed by atoms with van der Waals surface area (Å²) >= 11 is 0. The van der Waals surface area contributed by atoms with E-state index < -0.39 is 0 Å². The fraction of sp³-hybridized carbons (Fsp3) is 0.278. The van der Waals surface area contributed by atoms with E-state index in [4.69, 9.17) is 0 Å². The molecule has 4 nitrogen and oxygen atoms in total. The SMILES string of the molecule is CN1CCN(c2ccc(C(=O)Nc3ccccc3)cc2)CC1. The smallest absolute Gasteiger partial charge is 0.255 e. The minimum Gasteiger partial charge on any atom is -0.369 e. The molecule has 0 bridgehead atoms. The van der Waals surface area contributed by atoms with Crippen molar-refractivity contribution < 1.29 is 4.79 Å². The van der Waals surface area contributed by atoms with Gasteiger partial charge in [-0.1, -0.05) is 18.2 Å². The van der Waals surface area contributed by atoms with Crippen molar-refractivity contribution in [3.8, 4) is 0 Å². The van der Waals surface area contributed by atoms with Crippen LogP contribution in [0.1, 0.15) is 10.4 Å². The van der Waals surface area contributed by atoms with Gasteiger partial charge in [0.2, 0.25) is 0 Å². The fourth-order valence-corrected chi connectivity index (χ4v) is 2.61. The molecular formula is C18H21N3O. The number of carbonyl (C=O) groups is 1. The summed E-state index contributed by atoms with van der Waals surface area (Å²) in [5.74, 6) is -0.0730. The second-order valence-corrected chi connectivity index (χ2v) is 5.66. The molecule has 1 N–H and O–H groups in total. The molecule has 1 aliphatic heterocycles. The molecule has 0 aliphatic carbocycles. The van der Waals surface area contributed by atoms with E-state index in [1.807, 2.05) is 54.6 Å². The maximum atomic E-state index is 12.2. The van der Waals surface area contributed by atoms with Gasteiger partial charge in [-0.2, -0.15) is 0 Å². The minimum atomic E-state index is -0.0730. The van der Waals surface area contributed by atoms with Crippen LogP contribution in [0.2, 0.25) is 0 Å². The maximum absolute atomic E-state index is 12.2. The highest BCUT2D eigenvalue weighted by Crippen LogP contribution is 2.18. The topological polar surface area (TPSA) is 35.6 Å². The summed E-state index contributed by atoms with van der Waals surface area (Å²) in [5, 5.41) is 2.90. The van der Waals surface area contributed by atoms with Gasteiger partial charge in [0.05, 0.1) is 0 Å². The first-order valence-electron chi connectivity index (χ1n) is 7.62. The molecule has 0 unspecified atom stereocenters. The lowest BCUT2D eigenvalue weighted by atomic mass is 10.1. The van der Waals surface area contributed by atoms with Gasteiger partial charge in [0.1, 0.15) is 0 Å². The van der Waals surface area contributed by atoms with Crippen molar-refractivity contribution in [1.82, 2.24) is 4.90 Å². The Morgan fingerprint density at radius 1 is 0.909 bits per heavy atom. The number of piperazine rings is 1. The zero-order chi connectivity index (χ0) is 15.4. The van der Waals surface area contributed by atoms with Gasteiger partial charge in [0.25, 0.3) is 5.91 Å². The number of hydrogen-bond acceptors (Lipinski definition) is 3. The van der Waals surface area contributed by atoms with Crippen LogP contribution in [0.5, 0.6) is 0 Å². The lowest BCUT2D eigenvalue weighted by molar-refractivity contribution is 0.102. The summed E-state index contributed by atoms with van der Waals surface area (Å²) in [6.07, 6.45) is 0. The fourth-order valence-electron chi connectivity index (χ4n) is 2.61. The van der Waals surface area contributed by atoms with E-state index in [1.54, 1.807) is 0 Å². The lowest BCUT2D eigenvalue weighted by Crippen LogP contribution is -2.44. The average Bonchev–Trinajstić information content (AvgIpc) is 2.57. The largest absolute Gasteiger partial charge is 0.369 e. The molecule has 1 saturated heterocycles. The third-order valence-electron chi connectivity index (χ3n) is 4.03. The molecule has 0 radical (unpaired) electrons. The molecule has 1 aliphatic rings. The number of para-hydroxylation sites is 1. The van der Waals surface area contributed by atoms with Crippen LogP contribution in [0, 0.1) is 0 Å². The van der Waals surface area contributed by atoms with Crippen molar-refractivity contribution in [1.29, 1.82) is 0 Å². The summed E-state index contributed by atoms with van der Waals surface area (Å²) in [5.41, 5.74) is 2.68. The van der Waals surface area contributed by atoms with Gasteiger partial charge in [-0.3, -0.25) is 4.79 Å². The number of amides is 1. The Bertz CT molecular complexity index is 617. The van der Waals surface area contributed by atoms with E-state index in [2.05, 4.69) is 22.2 Å². The van der Waals surface area contributed by atoms with Crippen molar-refractivity contribution in [2.24, 2.45) is 0 Å². The van der Waals surface area contributed by atoms with Crippen LogP contribution in [0.15, 0.2) is 54.6 Å². The molecule has 1 heterocycles. The summed E-state index contributed by atoms with van der Waals surface area (Å²) < 4.78 is 0. The Morgan fingerprint density at radius 3 is 2.18 bits per heavy atom. The number of rotatable bonds is 3. The predicted octanol–water partition coefficient (Wildman–Crippen LogP) is 2.69. The van der Waals surface area contributed by atoms with Gasteiger partial charge < -0.3 is 15.1 Å². The second-order valence-electron chi connectivity index (χ2n) is 5.66. The van der Waals surface area contributed by atoms with Crippen molar-refractivity contribution in [3.63, 3.8) is 0 Å². The van der Waals surface area contributed by atoms with Crippen LogP contribution in [0.25, 0.3) is 0 Å². The monoisotopic (exact) mass is 295 g/mol. The Kier molecular flexibility index (Phi) is 4.39. The van der Waals surface area contributed by atoms with E-state index in [-0.39, 0.29) is 5.91 Å². The van der Waals surface area contributed by atoms with E-state index in [0.29, 0.717) is 5.56 Å². The van der Waals surface area contributed by atoms with Gasteiger partial charge >= 0.3 is 0 Å². The molecule has 114 valence electrons. The third-order valence-corrected chi connectivity index (χ3v) is 4.03. The highest BCUT2D eigenvalue weighted by molar-refractivity contribution is 6.04. The molecule has 0 aromatic heterocycles. The summed E-state index contributed by atoms with van der Waals surface area (Å²) in [7, 11) is 2.15. The molecule has 2 aromatic carbocycles. The number of nitrogens with one attached hydrogen (secondary N) is 1. The Labute approximate surface area is 131 Å². The number of nitrogens with zero attached hydrogens (tertiary/aromatic N) is 2. The summed E-state index contributed by atoms with van der Waals surface area (Å²) in [6, 6.07) is 17.4. The molecule has 0 spiro atoms. The highest BCUT2D eigenvalue weighted by atomic mass is 16.1. The first-order chi connectivity index (χ1) is 10.7. The van der Waals surface area contributed by atoms with Crippen molar-refractivity contribution in [2.45, 2.75) is 0 Å². The van der Waals surface area contributed by atoms with Crippen LogP contribution < -0.4 is 10.2 Å². The van der Waals surface area contributed by atoms with Gasteiger partial charge in [0, 0.05) is 43.1 Å². The summed E-state index contributed by atoms with van der Waals surface area (Å²) in [6.45, 7) is 4.23. The van der Waals surface area contributed by atoms with E-state index in [9.17, 15) is 4.79 Å². The van der Waals surface area contributed by atoms with Gasteiger partial charge in [-0.15, -0.1) is 0 Å². The molecular weight excluding hydrogens is 274 g/mol. The zero-order valence-corrected chi connectivity index (χ0v) is 12.8. The first-order valence-corrected chi connectivity index (χ1v) is 7.62. The highest BCUT2D eigenvalue weighted by Gasteiger charge is 2.14. The van der Waals surface area contributed by atoms with Gasteiger partial charge in [0.15, 0.2) is 0 Å². The molecule has 0 atom stereocenters. The van der Waals surface area contributed by atoms with Crippen molar-refractivity contribution >= 4 is 17.3 Å². The van der Waals surface area contributed by atoms with Gasteiger partial charge in [-0.05, 0) is 43.4 Å². The molecule has 0 saturated carbocycles. The first kappa shape index (κ1) is 14.6. The number of benzene rings is 2. The second kappa shape index (κ2) is 6.62. The van der Waals surface area contributed by atoms with Crippen molar-refractivity contribution in [3.05, 3.63) is 60.2 Å². The van der Waals surface area contributed by atoms with Crippen LogP contribution >= 0.6 is 0 Å². The van der Waals surface area contributed by atoms with E-state index >= 15 is 0 Å².